The summed E-state index contributed by atoms with van der Waals surface area (Å²) in [4.78, 5) is 27.4. The summed E-state index contributed by atoms with van der Waals surface area (Å²) in [6.45, 7) is 7.34. The molecule has 0 spiro atoms. The highest BCUT2D eigenvalue weighted by Gasteiger charge is 2.46. The number of furan rings is 1. The maximum absolute atomic E-state index is 13.2. The van der Waals surface area contributed by atoms with Crippen LogP contribution >= 0.6 is 0 Å². The third-order valence-corrected chi connectivity index (χ3v) is 4.84. The van der Waals surface area contributed by atoms with Gasteiger partial charge in [-0.25, -0.2) is 0 Å². The van der Waals surface area contributed by atoms with E-state index >= 15 is 0 Å². The number of rotatable bonds is 7. The standard InChI is InChI=1S/C23H20N2O6/c1-4-11-29-16-8-6-15(7-9-16)20-19(21(26)17-10-5-13(2)30-17)22(27)23(28)25(20)18-12-14(3)31-24-18/h4-10,12,20,27H,1,11H2,2-3H3/t20-/m0/s1. The van der Waals surface area contributed by atoms with Crippen LogP contribution < -0.4 is 9.64 Å². The number of aliphatic hydroxyl groups excluding tert-OH is 1. The highest BCUT2D eigenvalue weighted by Crippen LogP contribution is 2.42. The zero-order valence-electron chi connectivity index (χ0n) is 17.0. The Kier molecular flexibility index (Phi) is 5.21. The van der Waals surface area contributed by atoms with Gasteiger partial charge in [0.2, 0.25) is 5.78 Å². The Morgan fingerprint density at radius 1 is 1.23 bits per heavy atom. The number of carbonyl (C=O) groups excluding carboxylic acids is 2. The molecule has 31 heavy (non-hydrogen) atoms. The van der Waals surface area contributed by atoms with E-state index in [1.165, 1.54) is 11.0 Å². The van der Waals surface area contributed by atoms with Crippen LogP contribution in [0.25, 0.3) is 0 Å². The van der Waals surface area contributed by atoms with Crippen molar-refractivity contribution in [2.45, 2.75) is 19.9 Å². The van der Waals surface area contributed by atoms with Crippen molar-refractivity contribution in [2.75, 3.05) is 11.5 Å². The quantitative estimate of drug-likeness (QED) is 0.450. The molecule has 3 aromatic rings. The highest BCUT2D eigenvalue weighted by atomic mass is 16.5. The molecule has 0 aliphatic carbocycles. The van der Waals surface area contributed by atoms with E-state index in [2.05, 4.69) is 11.7 Å². The van der Waals surface area contributed by atoms with Crippen molar-refractivity contribution in [2.24, 2.45) is 0 Å². The first-order chi connectivity index (χ1) is 14.9. The summed E-state index contributed by atoms with van der Waals surface area (Å²) in [6.07, 6.45) is 1.63. The zero-order chi connectivity index (χ0) is 22.1. The number of ether oxygens (including phenoxy) is 1. The van der Waals surface area contributed by atoms with E-state index in [4.69, 9.17) is 13.7 Å². The molecule has 1 aliphatic rings. The first kappa shape index (κ1) is 20.2. The number of aryl methyl sites for hydroxylation is 2. The molecule has 1 aromatic carbocycles. The van der Waals surface area contributed by atoms with Crippen molar-refractivity contribution in [3.8, 4) is 5.75 Å². The van der Waals surface area contributed by atoms with Gasteiger partial charge in [0.25, 0.3) is 5.91 Å². The summed E-state index contributed by atoms with van der Waals surface area (Å²) in [5.41, 5.74) is 0.482. The van der Waals surface area contributed by atoms with Crippen LogP contribution in [0.2, 0.25) is 0 Å². The molecular formula is C23H20N2O6. The van der Waals surface area contributed by atoms with Crippen LogP contribution in [0.15, 0.2) is 75.4 Å². The molecule has 8 nitrogen and oxygen atoms in total. The van der Waals surface area contributed by atoms with Crippen LogP contribution in [0.5, 0.6) is 5.75 Å². The van der Waals surface area contributed by atoms with Gasteiger partial charge in [-0.1, -0.05) is 29.9 Å². The van der Waals surface area contributed by atoms with E-state index in [1.807, 2.05) is 0 Å². The lowest BCUT2D eigenvalue weighted by molar-refractivity contribution is -0.117. The maximum Gasteiger partial charge on any atom is 0.295 e. The lowest BCUT2D eigenvalue weighted by Gasteiger charge is -2.24. The largest absolute Gasteiger partial charge is 0.503 e. The molecule has 158 valence electrons. The average molecular weight is 420 g/mol. The predicted octanol–water partition coefficient (Wildman–Crippen LogP) is 4.23. The van der Waals surface area contributed by atoms with Crippen molar-refractivity contribution in [3.05, 3.63) is 89.3 Å². The third-order valence-electron chi connectivity index (χ3n) is 4.84. The van der Waals surface area contributed by atoms with Crippen molar-refractivity contribution >= 4 is 17.5 Å². The molecule has 1 atom stereocenters. The number of hydrogen-bond acceptors (Lipinski definition) is 7. The van der Waals surface area contributed by atoms with Crippen LogP contribution in [0, 0.1) is 13.8 Å². The monoisotopic (exact) mass is 420 g/mol. The predicted molar refractivity (Wildman–Crippen MR) is 111 cm³/mol. The Labute approximate surface area is 178 Å². The molecule has 3 heterocycles. The van der Waals surface area contributed by atoms with Crippen molar-refractivity contribution in [1.82, 2.24) is 5.16 Å². The van der Waals surface area contributed by atoms with Crippen molar-refractivity contribution < 1.29 is 28.4 Å². The number of benzene rings is 1. The Morgan fingerprint density at radius 3 is 2.55 bits per heavy atom. The van der Waals surface area contributed by atoms with Gasteiger partial charge in [-0.3, -0.25) is 14.5 Å². The number of aromatic nitrogens is 1. The summed E-state index contributed by atoms with van der Waals surface area (Å²) >= 11 is 0. The van der Waals surface area contributed by atoms with E-state index < -0.39 is 23.5 Å². The fourth-order valence-corrected chi connectivity index (χ4v) is 3.45. The van der Waals surface area contributed by atoms with Crippen LogP contribution in [-0.4, -0.2) is 28.6 Å². The molecule has 0 radical (unpaired) electrons. The zero-order valence-corrected chi connectivity index (χ0v) is 17.0. The number of nitrogens with zero attached hydrogens (tertiary/aromatic N) is 2. The topological polar surface area (TPSA) is 106 Å². The smallest absolute Gasteiger partial charge is 0.295 e. The van der Waals surface area contributed by atoms with E-state index in [-0.39, 0.29) is 17.2 Å². The summed E-state index contributed by atoms with van der Waals surface area (Å²) in [5.74, 6) is -0.162. The minimum absolute atomic E-state index is 0.0287. The highest BCUT2D eigenvalue weighted by molar-refractivity contribution is 6.19. The molecular weight excluding hydrogens is 400 g/mol. The van der Waals surface area contributed by atoms with Gasteiger partial charge < -0.3 is 18.8 Å². The maximum atomic E-state index is 13.2. The third kappa shape index (κ3) is 3.63. The van der Waals surface area contributed by atoms with Gasteiger partial charge in [-0.05, 0) is 43.7 Å². The summed E-state index contributed by atoms with van der Waals surface area (Å²) in [5, 5.41) is 14.6. The summed E-state index contributed by atoms with van der Waals surface area (Å²) < 4.78 is 16.1. The number of hydrogen-bond donors (Lipinski definition) is 1. The van der Waals surface area contributed by atoms with E-state index in [0.29, 0.717) is 29.4 Å². The number of amides is 1. The van der Waals surface area contributed by atoms with E-state index in [0.717, 1.165) is 0 Å². The number of aliphatic hydroxyl groups is 1. The van der Waals surface area contributed by atoms with Crippen LogP contribution in [-0.2, 0) is 4.79 Å². The van der Waals surface area contributed by atoms with Crippen molar-refractivity contribution in [1.29, 1.82) is 0 Å². The second-order valence-electron chi connectivity index (χ2n) is 7.04. The van der Waals surface area contributed by atoms with Gasteiger partial charge in [0.05, 0.1) is 11.6 Å². The fourth-order valence-electron chi connectivity index (χ4n) is 3.45. The molecule has 1 aliphatic heterocycles. The Hall–Kier alpha value is -4.07. The summed E-state index contributed by atoms with van der Waals surface area (Å²) in [6, 6.07) is 10.6. The molecule has 0 fully saturated rings. The molecule has 1 amide bonds. The molecule has 2 aromatic heterocycles. The Morgan fingerprint density at radius 2 is 1.97 bits per heavy atom. The van der Waals surface area contributed by atoms with Crippen molar-refractivity contribution in [3.63, 3.8) is 0 Å². The molecule has 4 rings (SSSR count). The second-order valence-corrected chi connectivity index (χ2v) is 7.04. The first-order valence-corrected chi connectivity index (χ1v) is 9.55. The van der Waals surface area contributed by atoms with Gasteiger partial charge >= 0.3 is 0 Å². The lowest BCUT2D eigenvalue weighted by atomic mass is 9.95. The van der Waals surface area contributed by atoms with E-state index in [1.54, 1.807) is 56.3 Å². The lowest BCUT2D eigenvalue weighted by Crippen LogP contribution is -2.31. The number of carbonyl (C=O) groups is 2. The van der Waals surface area contributed by atoms with Crippen LogP contribution in [0.1, 0.15) is 33.7 Å². The van der Waals surface area contributed by atoms with Crippen LogP contribution in [0.3, 0.4) is 0 Å². The molecule has 0 bridgehead atoms. The summed E-state index contributed by atoms with van der Waals surface area (Å²) in [7, 11) is 0. The number of anilines is 1. The van der Waals surface area contributed by atoms with Gasteiger partial charge in [-0.2, -0.15) is 0 Å². The Bertz CT molecular complexity index is 1180. The van der Waals surface area contributed by atoms with Gasteiger partial charge in [0.1, 0.15) is 23.9 Å². The number of ketones is 1. The molecule has 0 unspecified atom stereocenters. The normalized spacial score (nSPS) is 16.1. The van der Waals surface area contributed by atoms with Gasteiger partial charge in [-0.15, -0.1) is 0 Å². The minimum atomic E-state index is -0.927. The average Bonchev–Trinajstić information content (AvgIpc) is 3.45. The second kappa shape index (κ2) is 7.98. The van der Waals surface area contributed by atoms with Gasteiger partial charge in [0.15, 0.2) is 17.3 Å². The van der Waals surface area contributed by atoms with E-state index in [9.17, 15) is 14.7 Å². The molecule has 1 N–H and O–H groups in total. The molecule has 8 heteroatoms. The minimum Gasteiger partial charge on any atom is -0.503 e. The number of Topliss-reactive ketones (excluding diaryl/α,β-unsaturated/α-hetero) is 1. The van der Waals surface area contributed by atoms with Crippen LogP contribution in [0.4, 0.5) is 5.82 Å². The first-order valence-electron chi connectivity index (χ1n) is 9.55. The molecule has 0 saturated carbocycles. The Balaban J connectivity index is 1.80. The molecule has 0 saturated heterocycles. The SMILES string of the molecule is C=CCOc1ccc([C@H]2C(C(=O)c3ccc(C)o3)=C(O)C(=O)N2c2cc(C)on2)cc1. The van der Waals surface area contributed by atoms with Gasteiger partial charge in [0, 0.05) is 6.07 Å². The fraction of sp³-hybridized carbons (Fsp3) is 0.174.